The van der Waals surface area contributed by atoms with Gasteiger partial charge in [0.15, 0.2) is 6.61 Å². The Bertz CT molecular complexity index is 938. The van der Waals surface area contributed by atoms with Crippen LogP contribution in [0.2, 0.25) is 0 Å². The molecular weight excluding hydrogens is 386 g/mol. The maximum atomic E-state index is 13.4. The van der Waals surface area contributed by atoms with Gasteiger partial charge in [0.25, 0.3) is 11.8 Å². The molecule has 2 aliphatic carbocycles. The third-order valence-electron chi connectivity index (χ3n) is 6.59. The van der Waals surface area contributed by atoms with Crippen molar-refractivity contribution in [2.75, 3.05) is 11.5 Å². The number of fused-ring (bicyclic) bond motifs is 3. The molecule has 1 saturated heterocycles. The zero-order valence-electron chi connectivity index (χ0n) is 16.9. The monoisotopic (exact) mass is 411 g/mol. The quantitative estimate of drug-likeness (QED) is 0.717. The molecule has 1 aromatic carbocycles. The number of rotatable bonds is 6. The van der Waals surface area contributed by atoms with Gasteiger partial charge in [-0.3, -0.25) is 19.3 Å². The summed E-state index contributed by atoms with van der Waals surface area (Å²) in [6.45, 7) is 1.52. The second kappa shape index (κ2) is 6.82. The molecule has 30 heavy (non-hydrogen) atoms. The molecule has 2 saturated carbocycles. The zero-order chi connectivity index (χ0) is 21.0. The molecule has 3 amide bonds. The maximum absolute atomic E-state index is 13.4. The van der Waals surface area contributed by atoms with Crippen molar-refractivity contribution in [1.29, 1.82) is 0 Å². The minimum absolute atomic E-state index is 0.0463. The second-order valence-corrected chi connectivity index (χ2v) is 8.74. The molecule has 0 bridgehead atoms. The molecule has 1 aromatic rings. The van der Waals surface area contributed by atoms with Crippen molar-refractivity contribution in [3.63, 3.8) is 0 Å². The van der Waals surface area contributed by atoms with E-state index in [9.17, 15) is 19.2 Å². The van der Waals surface area contributed by atoms with Gasteiger partial charge in [-0.25, -0.2) is 4.79 Å². The number of para-hydroxylation sites is 1. The van der Waals surface area contributed by atoms with Crippen molar-refractivity contribution in [2.24, 2.45) is 5.92 Å². The minimum Gasteiger partial charge on any atom is -0.452 e. The third kappa shape index (κ3) is 2.88. The molecule has 2 aliphatic heterocycles. The standard InChI is InChI=1S/C22H25N3O5/c1-13(14-6-7-14)23-18(26)12-30-21(29)22-11-10-19(27)25(22)17-5-3-2-4-16(17)20(28)24(22)15-8-9-15/h2-5,13-15H,6-12H2,1H3,(H,23,26)/t13-,22-/m1/s1. The Morgan fingerprint density at radius 1 is 1.20 bits per heavy atom. The maximum Gasteiger partial charge on any atom is 0.354 e. The number of anilines is 1. The molecule has 0 aromatic heterocycles. The highest BCUT2D eigenvalue weighted by molar-refractivity contribution is 6.15. The Morgan fingerprint density at radius 3 is 2.63 bits per heavy atom. The first kappa shape index (κ1) is 19.1. The van der Waals surface area contributed by atoms with E-state index in [-0.39, 0.29) is 42.6 Å². The SMILES string of the molecule is C[C@@H](NC(=O)COC(=O)[C@@]12CCC(=O)N1c1ccccc1C(=O)N2C1CC1)C1CC1. The molecule has 8 nitrogen and oxygen atoms in total. The van der Waals surface area contributed by atoms with E-state index in [1.807, 2.05) is 6.92 Å². The highest BCUT2D eigenvalue weighted by Crippen LogP contribution is 2.49. The second-order valence-electron chi connectivity index (χ2n) is 8.74. The van der Waals surface area contributed by atoms with E-state index in [4.69, 9.17) is 4.74 Å². The summed E-state index contributed by atoms with van der Waals surface area (Å²) in [6, 6.07) is 6.81. The highest BCUT2D eigenvalue weighted by Gasteiger charge is 2.64. The predicted molar refractivity (Wildman–Crippen MR) is 106 cm³/mol. The average molecular weight is 411 g/mol. The van der Waals surface area contributed by atoms with Gasteiger partial charge in [-0.1, -0.05) is 12.1 Å². The van der Waals surface area contributed by atoms with Gasteiger partial charge in [0.05, 0.1) is 11.3 Å². The van der Waals surface area contributed by atoms with E-state index in [0.717, 1.165) is 25.7 Å². The summed E-state index contributed by atoms with van der Waals surface area (Å²) in [4.78, 5) is 54.8. The number of carbonyl (C=O) groups is 4. The van der Waals surface area contributed by atoms with E-state index >= 15 is 0 Å². The van der Waals surface area contributed by atoms with Crippen LogP contribution >= 0.6 is 0 Å². The molecule has 0 spiro atoms. The first-order valence-electron chi connectivity index (χ1n) is 10.7. The third-order valence-corrected chi connectivity index (χ3v) is 6.59. The van der Waals surface area contributed by atoms with Gasteiger partial charge in [-0.05, 0) is 50.7 Å². The molecule has 158 valence electrons. The number of carbonyl (C=O) groups excluding carboxylic acids is 4. The lowest BCUT2D eigenvalue weighted by molar-refractivity contribution is -0.160. The first-order valence-corrected chi connectivity index (χ1v) is 10.7. The van der Waals surface area contributed by atoms with E-state index in [2.05, 4.69) is 5.32 Å². The van der Waals surface area contributed by atoms with Crippen molar-refractivity contribution in [3.8, 4) is 0 Å². The molecule has 5 rings (SSSR count). The van der Waals surface area contributed by atoms with E-state index < -0.39 is 18.2 Å². The predicted octanol–water partition coefficient (Wildman–Crippen LogP) is 1.59. The molecule has 4 aliphatic rings. The fourth-order valence-corrected chi connectivity index (χ4v) is 4.77. The van der Waals surface area contributed by atoms with E-state index in [0.29, 0.717) is 17.2 Å². The van der Waals surface area contributed by atoms with Crippen LogP contribution in [0.25, 0.3) is 0 Å². The van der Waals surface area contributed by atoms with Crippen LogP contribution in [0.15, 0.2) is 24.3 Å². The Kier molecular flexibility index (Phi) is 4.34. The summed E-state index contributed by atoms with van der Waals surface area (Å²) in [5.74, 6) is -1.07. The van der Waals surface area contributed by atoms with Crippen molar-refractivity contribution >= 4 is 29.4 Å². The number of hydrogen-bond donors (Lipinski definition) is 1. The number of hydrogen-bond acceptors (Lipinski definition) is 5. The Hall–Kier alpha value is -2.90. The van der Waals surface area contributed by atoms with E-state index in [1.165, 1.54) is 9.80 Å². The fourth-order valence-electron chi connectivity index (χ4n) is 4.77. The van der Waals surface area contributed by atoms with Gasteiger partial charge >= 0.3 is 5.97 Å². The Morgan fingerprint density at radius 2 is 1.93 bits per heavy atom. The highest BCUT2D eigenvalue weighted by atomic mass is 16.5. The summed E-state index contributed by atoms with van der Waals surface area (Å²) in [5.41, 5.74) is -0.656. The molecule has 1 N–H and O–H groups in total. The van der Waals surface area contributed by atoms with Crippen LogP contribution in [-0.2, 0) is 19.1 Å². The summed E-state index contributed by atoms with van der Waals surface area (Å²) in [6.07, 6.45) is 4.07. The lowest BCUT2D eigenvalue weighted by Gasteiger charge is -2.48. The molecule has 2 atom stereocenters. The lowest BCUT2D eigenvalue weighted by atomic mass is 9.96. The normalized spacial score (nSPS) is 26.2. The van der Waals surface area contributed by atoms with Crippen molar-refractivity contribution in [2.45, 2.75) is 63.2 Å². The van der Waals surface area contributed by atoms with Crippen LogP contribution in [0, 0.1) is 5.92 Å². The van der Waals surface area contributed by atoms with Gasteiger partial charge in [-0.15, -0.1) is 0 Å². The molecular formula is C22H25N3O5. The lowest BCUT2D eigenvalue weighted by Crippen LogP contribution is -2.69. The van der Waals surface area contributed by atoms with Crippen molar-refractivity contribution in [3.05, 3.63) is 29.8 Å². The van der Waals surface area contributed by atoms with Crippen molar-refractivity contribution < 1.29 is 23.9 Å². The number of esters is 1. The topological polar surface area (TPSA) is 96.0 Å². The Balaban J connectivity index is 1.43. The van der Waals surface area contributed by atoms with Gasteiger partial charge in [0, 0.05) is 24.9 Å². The van der Waals surface area contributed by atoms with Crippen LogP contribution in [0.5, 0.6) is 0 Å². The van der Waals surface area contributed by atoms with Crippen LogP contribution in [0.1, 0.15) is 55.8 Å². The molecule has 0 unspecified atom stereocenters. The first-order chi connectivity index (χ1) is 14.4. The van der Waals surface area contributed by atoms with Gasteiger partial charge in [0.2, 0.25) is 11.6 Å². The Labute approximate surface area is 174 Å². The number of benzene rings is 1. The van der Waals surface area contributed by atoms with E-state index in [1.54, 1.807) is 24.3 Å². The summed E-state index contributed by atoms with van der Waals surface area (Å²) < 4.78 is 5.43. The van der Waals surface area contributed by atoms with Crippen LogP contribution < -0.4 is 10.2 Å². The average Bonchev–Trinajstić information content (AvgIpc) is 3.64. The summed E-state index contributed by atoms with van der Waals surface area (Å²) in [5, 5.41) is 2.86. The van der Waals surface area contributed by atoms with Crippen LogP contribution in [-0.4, -0.2) is 52.9 Å². The number of nitrogens with one attached hydrogen (secondary N) is 1. The number of nitrogens with zero attached hydrogens (tertiary/aromatic N) is 2. The minimum atomic E-state index is -1.51. The van der Waals surface area contributed by atoms with Crippen molar-refractivity contribution in [1.82, 2.24) is 10.2 Å². The fraction of sp³-hybridized carbons (Fsp3) is 0.545. The molecule has 0 radical (unpaired) electrons. The molecule has 2 heterocycles. The largest absolute Gasteiger partial charge is 0.452 e. The van der Waals surface area contributed by atoms with Crippen LogP contribution in [0.3, 0.4) is 0 Å². The summed E-state index contributed by atoms with van der Waals surface area (Å²) in [7, 11) is 0. The number of ether oxygens (including phenoxy) is 1. The summed E-state index contributed by atoms with van der Waals surface area (Å²) >= 11 is 0. The molecule has 8 heteroatoms. The van der Waals surface area contributed by atoms with Gasteiger partial charge < -0.3 is 15.0 Å². The zero-order valence-corrected chi connectivity index (χ0v) is 16.9. The smallest absolute Gasteiger partial charge is 0.354 e. The number of amides is 3. The molecule has 3 fully saturated rings. The van der Waals surface area contributed by atoms with Gasteiger partial charge in [0.1, 0.15) is 0 Å². The van der Waals surface area contributed by atoms with Crippen LogP contribution in [0.4, 0.5) is 5.69 Å². The van der Waals surface area contributed by atoms with Gasteiger partial charge in [-0.2, -0.15) is 0 Å².